The van der Waals surface area contributed by atoms with E-state index in [1.165, 1.54) is 62.1 Å². The molecular weight excluding hydrogens is 198 g/mol. The molecule has 16 heavy (non-hydrogen) atoms. The van der Waals surface area contributed by atoms with Crippen molar-refractivity contribution in [3.63, 3.8) is 0 Å². The Morgan fingerprint density at radius 3 is 2.69 bits per heavy atom. The zero-order chi connectivity index (χ0) is 11.0. The number of hydrogen-bond acceptors (Lipinski definition) is 3. The van der Waals surface area contributed by atoms with Gasteiger partial charge in [-0.2, -0.15) is 0 Å². The van der Waals surface area contributed by atoms with Gasteiger partial charge in [-0.1, -0.05) is 0 Å². The minimum atomic E-state index is 0.877. The van der Waals surface area contributed by atoms with Crippen LogP contribution in [-0.2, 0) is 12.8 Å². The molecule has 0 radical (unpaired) electrons. The summed E-state index contributed by atoms with van der Waals surface area (Å²) in [4.78, 5) is 6.94. The van der Waals surface area contributed by atoms with E-state index < -0.39 is 0 Å². The minimum Gasteiger partial charge on any atom is -0.396 e. The normalized spacial score (nSPS) is 19.9. The Morgan fingerprint density at radius 2 is 1.88 bits per heavy atom. The number of rotatable bonds is 1. The van der Waals surface area contributed by atoms with Crippen molar-refractivity contribution >= 4 is 11.4 Å². The molecule has 0 aromatic carbocycles. The summed E-state index contributed by atoms with van der Waals surface area (Å²) in [6, 6.07) is 0. The topological polar surface area (TPSA) is 42.1 Å². The van der Waals surface area contributed by atoms with E-state index in [0.717, 1.165) is 12.1 Å². The lowest BCUT2D eigenvalue weighted by Gasteiger charge is -2.31. The van der Waals surface area contributed by atoms with Gasteiger partial charge in [-0.05, 0) is 44.1 Å². The first-order valence-electron chi connectivity index (χ1n) is 6.37. The third-order valence-electron chi connectivity index (χ3n) is 3.78. The molecule has 3 rings (SSSR count). The van der Waals surface area contributed by atoms with E-state index >= 15 is 0 Å². The first-order valence-corrected chi connectivity index (χ1v) is 6.37. The molecule has 2 aliphatic rings. The second-order valence-corrected chi connectivity index (χ2v) is 4.89. The van der Waals surface area contributed by atoms with Crippen LogP contribution in [-0.4, -0.2) is 18.1 Å². The van der Waals surface area contributed by atoms with Crippen molar-refractivity contribution in [3.8, 4) is 0 Å². The molecule has 0 amide bonds. The monoisotopic (exact) mass is 217 g/mol. The van der Waals surface area contributed by atoms with Gasteiger partial charge in [0.15, 0.2) is 0 Å². The first kappa shape index (κ1) is 9.94. The van der Waals surface area contributed by atoms with Gasteiger partial charge in [-0.25, -0.2) is 0 Å². The summed E-state index contributed by atoms with van der Waals surface area (Å²) in [6.07, 6.45) is 9.37. The Labute approximate surface area is 96.7 Å². The predicted octanol–water partition coefficient (Wildman–Crippen LogP) is 2.14. The van der Waals surface area contributed by atoms with Crippen molar-refractivity contribution < 1.29 is 0 Å². The maximum atomic E-state index is 6.12. The SMILES string of the molecule is Nc1cnc2c(c1N1CCCCC1)CCC2. The average molecular weight is 217 g/mol. The zero-order valence-electron chi connectivity index (χ0n) is 9.71. The standard InChI is InChI=1S/C13H19N3/c14-11-9-15-12-6-4-5-10(12)13(11)16-7-2-1-3-8-16/h9H,1-8,14H2. The molecule has 1 aromatic heterocycles. The summed E-state index contributed by atoms with van der Waals surface area (Å²) >= 11 is 0. The molecule has 1 fully saturated rings. The summed E-state index contributed by atoms with van der Waals surface area (Å²) in [5, 5.41) is 0. The van der Waals surface area contributed by atoms with Crippen molar-refractivity contribution in [2.45, 2.75) is 38.5 Å². The van der Waals surface area contributed by atoms with Crippen molar-refractivity contribution in [3.05, 3.63) is 17.5 Å². The maximum Gasteiger partial charge on any atom is 0.0741 e. The minimum absolute atomic E-state index is 0.877. The molecule has 0 atom stereocenters. The van der Waals surface area contributed by atoms with Crippen LogP contribution in [0.15, 0.2) is 6.20 Å². The van der Waals surface area contributed by atoms with Gasteiger partial charge in [0.2, 0.25) is 0 Å². The van der Waals surface area contributed by atoms with Gasteiger partial charge in [0.05, 0.1) is 17.6 Å². The average Bonchev–Trinajstić information content (AvgIpc) is 2.78. The Balaban J connectivity index is 2.01. The molecule has 0 spiro atoms. The van der Waals surface area contributed by atoms with Gasteiger partial charge in [0.1, 0.15) is 0 Å². The summed E-state index contributed by atoms with van der Waals surface area (Å²) in [5.74, 6) is 0. The lowest BCUT2D eigenvalue weighted by molar-refractivity contribution is 0.577. The Bertz CT molecular complexity index is 394. The number of piperidine rings is 1. The number of aryl methyl sites for hydroxylation is 1. The van der Waals surface area contributed by atoms with E-state index in [4.69, 9.17) is 5.73 Å². The smallest absolute Gasteiger partial charge is 0.0741 e. The number of nitrogens with zero attached hydrogens (tertiary/aromatic N) is 2. The van der Waals surface area contributed by atoms with E-state index in [9.17, 15) is 0 Å². The van der Waals surface area contributed by atoms with Gasteiger partial charge < -0.3 is 10.6 Å². The molecule has 1 aromatic rings. The highest BCUT2D eigenvalue weighted by atomic mass is 15.1. The molecule has 1 aliphatic heterocycles. The number of fused-ring (bicyclic) bond motifs is 1. The molecule has 0 saturated carbocycles. The van der Waals surface area contributed by atoms with Crippen molar-refractivity contribution in [1.82, 2.24) is 4.98 Å². The highest BCUT2D eigenvalue weighted by Gasteiger charge is 2.23. The summed E-state index contributed by atoms with van der Waals surface area (Å²) in [6.45, 7) is 2.33. The van der Waals surface area contributed by atoms with Gasteiger partial charge in [-0.3, -0.25) is 4.98 Å². The van der Waals surface area contributed by atoms with E-state index in [-0.39, 0.29) is 0 Å². The summed E-state index contributed by atoms with van der Waals surface area (Å²) in [5.41, 5.74) is 11.0. The predicted molar refractivity (Wildman–Crippen MR) is 66.7 cm³/mol. The third-order valence-corrected chi connectivity index (χ3v) is 3.78. The third kappa shape index (κ3) is 1.55. The Morgan fingerprint density at radius 1 is 1.06 bits per heavy atom. The Hall–Kier alpha value is -1.25. The number of anilines is 2. The number of pyridine rings is 1. The molecular formula is C13H19N3. The molecule has 3 nitrogen and oxygen atoms in total. The van der Waals surface area contributed by atoms with Gasteiger partial charge >= 0.3 is 0 Å². The molecule has 3 heteroatoms. The van der Waals surface area contributed by atoms with Crippen molar-refractivity contribution in [2.75, 3.05) is 23.7 Å². The fourth-order valence-corrected chi connectivity index (χ4v) is 3.00. The molecule has 1 saturated heterocycles. The second-order valence-electron chi connectivity index (χ2n) is 4.89. The Kier molecular flexibility index (Phi) is 2.46. The first-order chi connectivity index (χ1) is 7.86. The van der Waals surface area contributed by atoms with Crippen LogP contribution in [0.4, 0.5) is 11.4 Å². The fraction of sp³-hybridized carbons (Fsp3) is 0.615. The number of nitrogens with two attached hydrogens (primary N) is 1. The number of hydrogen-bond donors (Lipinski definition) is 1. The quantitative estimate of drug-likeness (QED) is 0.783. The lowest BCUT2D eigenvalue weighted by Crippen LogP contribution is -2.31. The van der Waals surface area contributed by atoms with Gasteiger partial charge in [0, 0.05) is 18.8 Å². The van der Waals surface area contributed by atoms with Crippen molar-refractivity contribution in [1.29, 1.82) is 0 Å². The second kappa shape index (κ2) is 3.96. The molecule has 2 heterocycles. The van der Waals surface area contributed by atoms with Crippen LogP contribution in [0.5, 0.6) is 0 Å². The van der Waals surface area contributed by atoms with E-state index in [2.05, 4.69) is 9.88 Å². The number of nitrogen functional groups attached to an aromatic ring is 1. The van der Waals surface area contributed by atoms with Crippen molar-refractivity contribution in [2.24, 2.45) is 0 Å². The van der Waals surface area contributed by atoms with Crippen LogP contribution in [0, 0.1) is 0 Å². The van der Waals surface area contributed by atoms with Crippen LogP contribution in [0.1, 0.15) is 36.9 Å². The highest BCUT2D eigenvalue weighted by molar-refractivity contribution is 5.72. The van der Waals surface area contributed by atoms with Crippen LogP contribution in [0.3, 0.4) is 0 Å². The van der Waals surface area contributed by atoms with Crippen LogP contribution < -0.4 is 10.6 Å². The van der Waals surface area contributed by atoms with Crippen LogP contribution in [0.25, 0.3) is 0 Å². The van der Waals surface area contributed by atoms with Crippen LogP contribution >= 0.6 is 0 Å². The molecule has 0 unspecified atom stereocenters. The van der Waals surface area contributed by atoms with Gasteiger partial charge in [0.25, 0.3) is 0 Å². The highest BCUT2D eigenvalue weighted by Crippen LogP contribution is 2.35. The lowest BCUT2D eigenvalue weighted by atomic mass is 10.1. The van der Waals surface area contributed by atoms with Crippen LogP contribution in [0.2, 0.25) is 0 Å². The molecule has 2 N–H and O–H groups in total. The number of aromatic nitrogens is 1. The van der Waals surface area contributed by atoms with E-state index in [1.807, 2.05) is 6.20 Å². The van der Waals surface area contributed by atoms with E-state index in [0.29, 0.717) is 0 Å². The summed E-state index contributed by atoms with van der Waals surface area (Å²) < 4.78 is 0. The largest absolute Gasteiger partial charge is 0.396 e. The molecule has 86 valence electrons. The van der Waals surface area contributed by atoms with E-state index in [1.54, 1.807) is 0 Å². The maximum absolute atomic E-state index is 6.12. The fourth-order valence-electron chi connectivity index (χ4n) is 3.00. The van der Waals surface area contributed by atoms with Gasteiger partial charge in [-0.15, -0.1) is 0 Å². The molecule has 0 bridgehead atoms. The molecule has 1 aliphatic carbocycles. The summed E-state index contributed by atoms with van der Waals surface area (Å²) in [7, 11) is 0. The zero-order valence-corrected chi connectivity index (χ0v) is 9.71.